The molecular formula is C18H28N6O3. The lowest BCUT2D eigenvalue weighted by atomic mass is 10.1. The number of nitrogens with one attached hydrogen (secondary N) is 1. The highest BCUT2D eigenvalue weighted by molar-refractivity contribution is 5.66. The number of ether oxygens (including phenoxy) is 1. The first-order valence-corrected chi connectivity index (χ1v) is 9.71. The Hall–Kier alpha value is -2.13. The number of rotatable bonds is 4. The first-order chi connectivity index (χ1) is 13.0. The number of fused-ring (bicyclic) bond motifs is 1. The van der Waals surface area contributed by atoms with Gasteiger partial charge in [0.05, 0.1) is 5.69 Å². The summed E-state index contributed by atoms with van der Waals surface area (Å²) in [6.07, 6.45) is 1.49. The number of aromatic nitrogens is 2. The van der Waals surface area contributed by atoms with E-state index in [0.717, 1.165) is 36.6 Å². The first-order valence-electron chi connectivity index (χ1n) is 9.71. The molecule has 1 aromatic heterocycles. The smallest absolute Gasteiger partial charge is 0.407 e. The van der Waals surface area contributed by atoms with Crippen LogP contribution in [-0.2, 0) is 13.1 Å². The fourth-order valence-corrected chi connectivity index (χ4v) is 4.24. The molecule has 3 aliphatic rings. The van der Waals surface area contributed by atoms with Crippen LogP contribution in [-0.4, -0.2) is 82.9 Å². The minimum absolute atomic E-state index is 0.0586. The zero-order valence-corrected chi connectivity index (χ0v) is 16.0. The van der Waals surface area contributed by atoms with E-state index in [4.69, 9.17) is 9.72 Å². The molecule has 0 saturated carbocycles. The van der Waals surface area contributed by atoms with Crippen LogP contribution in [0.3, 0.4) is 0 Å². The fourth-order valence-electron chi connectivity index (χ4n) is 4.24. The summed E-state index contributed by atoms with van der Waals surface area (Å²) in [5.41, 5.74) is 2.10. The number of carbonyl (C=O) groups is 1. The van der Waals surface area contributed by atoms with Crippen molar-refractivity contribution in [2.75, 3.05) is 44.7 Å². The van der Waals surface area contributed by atoms with Crippen molar-refractivity contribution >= 4 is 11.9 Å². The van der Waals surface area contributed by atoms with Crippen molar-refractivity contribution in [3.05, 3.63) is 11.3 Å². The highest BCUT2D eigenvalue weighted by Gasteiger charge is 2.31. The monoisotopic (exact) mass is 376 g/mol. The van der Waals surface area contributed by atoms with Crippen molar-refractivity contribution in [2.24, 2.45) is 0 Å². The third-order valence-electron chi connectivity index (χ3n) is 5.89. The Morgan fingerprint density at radius 1 is 1.30 bits per heavy atom. The summed E-state index contributed by atoms with van der Waals surface area (Å²) in [5.74, 6) is 0.886. The van der Waals surface area contributed by atoms with Gasteiger partial charge in [-0.15, -0.1) is 0 Å². The van der Waals surface area contributed by atoms with Crippen molar-refractivity contribution < 1.29 is 14.6 Å². The molecule has 0 bridgehead atoms. The van der Waals surface area contributed by atoms with Gasteiger partial charge in [-0.05, 0) is 33.4 Å². The number of anilines is 1. The molecular weight excluding hydrogens is 348 g/mol. The zero-order valence-electron chi connectivity index (χ0n) is 16.0. The zero-order chi connectivity index (χ0) is 19.0. The Balaban J connectivity index is 1.53. The van der Waals surface area contributed by atoms with Crippen LogP contribution in [0.1, 0.15) is 31.0 Å². The fraction of sp³-hybridized carbons (Fsp3) is 0.722. The summed E-state index contributed by atoms with van der Waals surface area (Å²) in [7, 11) is 2.13. The van der Waals surface area contributed by atoms with Crippen LogP contribution in [0.2, 0.25) is 0 Å². The Bertz CT molecular complexity index is 715. The van der Waals surface area contributed by atoms with Crippen molar-refractivity contribution in [2.45, 2.75) is 44.9 Å². The van der Waals surface area contributed by atoms with Crippen LogP contribution in [0.25, 0.3) is 0 Å². The number of nitrogens with zero attached hydrogens (tertiary/aromatic N) is 5. The van der Waals surface area contributed by atoms with E-state index in [2.05, 4.69) is 27.1 Å². The first kappa shape index (κ1) is 18.2. The molecule has 3 aliphatic heterocycles. The molecule has 148 valence electrons. The Kier molecular flexibility index (Phi) is 5.05. The maximum atomic E-state index is 11.3. The average molecular weight is 376 g/mol. The predicted molar refractivity (Wildman–Crippen MR) is 100 cm³/mol. The highest BCUT2D eigenvalue weighted by Crippen LogP contribution is 2.30. The summed E-state index contributed by atoms with van der Waals surface area (Å²) in [6.45, 7) is 6.79. The van der Waals surface area contributed by atoms with Gasteiger partial charge >= 0.3 is 12.1 Å². The predicted octanol–water partition coefficient (Wildman–Crippen LogP) is 0.741. The number of piperazine rings is 1. The van der Waals surface area contributed by atoms with Gasteiger partial charge in [-0.3, -0.25) is 0 Å². The van der Waals surface area contributed by atoms with Gasteiger partial charge in [-0.2, -0.15) is 9.97 Å². The number of carboxylic acid groups (broad SMARTS) is 1. The maximum absolute atomic E-state index is 11.3. The molecule has 2 saturated heterocycles. The second-order valence-corrected chi connectivity index (χ2v) is 7.72. The Labute approximate surface area is 159 Å². The molecule has 2 fully saturated rings. The molecule has 0 radical (unpaired) electrons. The topological polar surface area (TPSA) is 94.1 Å². The molecule has 1 aromatic rings. The maximum Gasteiger partial charge on any atom is 0.407 e. The van der Waals surface area contributed by atoms with E-state index >= 15 is 0 Å². The lowest BCUT2D eigenvalue weighted by Crippen LogP contribution is -2.54. The van der Waals surface area contributed by atoms with Crippen LogP contribution < -0.4 is 15.0 Å². The van der Waals surface area contributed by atoms with Gasteiger partial charge in [0, 0.05) is 50.4 Å². The van der Waals surface area contributed by atoms with Crippen LogP contribution in [0, 0.1) is 0 Å². The Morgan fingerprint density at radius 3 is 2.85 bits per heavy atom. The van der Waals surface area contributed by atoms with Gasteiger partial charge in [-0.1, -0.05) is 0 Å². The molecule has 4 rings (SSSR count). The van der Waals surface area contributed by atoms with Gasteiger partial charge in [0.15, 0.2) is 0 Å². The third kappa shape index (κ3) is 3.66. The summed E-state index contributed by atoms with van der Waals surface area (Å²) in [5, 5.41) is 12.6. The molecule has 1 amide bonds. The SMILES string of the molecule is C[C@H]1CN(C(=O)O)CCN1c1nc(OC[C@@H]2CCCN2C)nc2c1CNC2. The molecule has 2 N–H and O–H groups in total. The number of likely N-dealkylation sites (tertiary alicyclic amines) is 1. The van der Waals surface area contributed by atoms with Gasteiger partial charge in [0.1, 0.15) is 12.4 Å². The largest absolute Gasteiger partial charge is 0.465 e. The third-order valence-corrected chi connectivity index (χ3v) is 5.89. The van der Waals surface area contributed by atoms with Crippen LogP contribution >= 0.6 is 0 Å². The van der Waals surface area contributed by atoms with Gasteiger partial charge in [-0.25, -0.2) is 4.79 Å². The Morgan fingerprint density at radius 2 is 2.15 bits per heavy atom. The van der Waals surface area contributed by atoms with Gasteiger partial charge in [0.2, 0.25) is 0 Å². The molecule has 9 nitrogen and oxygen atoms in total. The summed E-state index contributed by atoms with van der Waals surface area (Å²) in [6, 6.07) is 0.908. The highest BCUT2D eigenvalue weighted by atomic mass is 16.5. The molecule has 2 atom stereocenters. The molecule has 0 aliphatic carbocycles. The average Bonchev–Trinajstić information content (AvgIpc) is 3.27. The number of likely N-dealkylation sites (N-methyl/N-ethyl adjacent to an activating group) is 1. The molecule has 27 heavy (non-hydrogen) atoms. The summed E-state index contributed by atoms with van der Waals surface area (Å²) in [4.78, 5) is 26.6. The lowest BCUT2D eigenvalue weighted by molar-refractivity contribution is 0.136. The van der Waals surface area contributed by atoms with Gasteiger partial charge in [0.25, 0.3) is 0 Å². The van der Waals surface area contributed by atoms with E-state index in [1.165, 1.54) is 11.3 Å². The van der Waals surface area contributed by atoms with Crippen LogP contribution in [0.5, 0.6) is 6.01 Å². The lowest BCUT2D eigenvalue weighted by Gasteiger charge is -2.40. The standard InChI is InChI=1S/C18H28N6O3/c1-12-10-23(18(25)26)6-7-24(12)16-14-8-19-9-15(14)20-17(21-16)27-11-13-4-3-5-22(13)2/h12-13,19H,3-11H2,1-2H3,(H,25,26)/t12-,13-/m0/s1. The van der Waals surface area contributed by atoms with Crippen molar-refractivity contribution in [1.29, 1.82) is 0 Å². The second-order valence-electron chi connectivity index (χ2n) is 7.72. The van der Waals surface area contributed by atoms with Crippen LogP contribution in [0.15, 0.2) is 0 Å². The van der Waals surface area contributed by atoms with Crippen molar-refractivity contribution in [3.63, 3.8) is 0 Å². The van der Waals surface area contributed by atoms with E-state index in [9.17, 15) is 9.90 Å². The summed E-state index contributed by atoms with van der Waals surface area (Å²) >= 11 is 0. The van der Waals surface area contributed by atoms with E-state index in [1.54, 1.807) is 0 Å². The molecule has 0 unspecified atom stereocenters. The van der Waals surface area contributed by atoms with Gasteiger partial charge < -0.3 is 29.9 Å². The van der Waals surface area contributed by atoms with Crippen molar-refractivity contribution in [1.82, 2.24) is 25.1 Å². The van der Waals surface area contributed by atoms with E-state index < -0.39 is 6.09 Å². The number of hydrogen-bond acceptors (Lipinski definition) is 7. The molecule has 4 heterocycles. The minimum Gasteiger partial charge on any atom is -0.465 e. The quantitative estimate of drug-likeness (QED) is 0.795. The summed E-state index contributed by atoms with van der Waals surface area (Å²) < 4.78 is 5.99. The van der Waals surface area contributed by atoms with Crippen molar-refractivity contribution in [3.8, 4) is 6.01 Å². The minimum atomic E-state index is -0.860. The van der Waals surface area contributed by atoms with E-state index in [0.29, 0.717) is 44.8 Å². The van der Waals surface area contributed by atoms with E-state index in [-0.39, 0.29) is 6.04 Å². The molecule has 0 aromatic carbocycles. The van der Waals surface area contributed by atoms with E-state index in [1.807, 2.05) is 6.92 Å². The molecule has 0 spiro atoms. The molecule has 9 heteroatoms. The van der Waals surface area contributed by atoms with Crippen LogP contribution in [0.4, 0.5) is 10.6 Å². The number of amides is 1. The number of hydrogen-bond donors (Lipinski definition) is 2. The normalized spacial score (nSPS) is 25.7. The second kappa shape index (κ2) is 7.47.